The van der Waals surface area contributed by atoms with Crippen LogP contribution in [-0.2, 0) is 4.79 Å². The molecule has 1 aromatic rings. The lowest BCUT2D eigenvalue weighted by atomic mass is 10.2. The molecule has 0 aromatic carbocycles. The molecule has 1 aliphatic carbocycles. The smallest absolute Gasteiger partial charge is 0.237 e. The van der Waals surface area contributed by atoms with Crippen molar-refractivity contribution in [2.24, 2.45) is 0 Å². The van der Waals surface area contributed by atoms with Crippen LogP contribution in [0.2, 0.25) is 0 Å². The zero-order valence-electron chi connectivity index (χ0n) is 9.69. The minimum atomic E-state index is -0.194. The molecule has 0 saturated heterocycles. The molecule has 2 unspecified atom stereocenters. The minimum Gasteiger partial charge on any atom is -0.468 e. The van der Waals surface area contributed by atoms with Gasteiger partial charge in [0.15, 0.2) is 0 Å². The van der Waals surface area contributed by atoms with Gasteiger partial charge in [0, 0.05) is 6.04 Å². The normalized spacial score (nSPS) is 19.1. The second kappa shape index (κ2) is 4.70. The molecule has 16 heavy (non-hydrogen) atoms. The summed E-state index contributed by atoms with van der Waals surface area (Å²) < 4.78 is 5.28. The Morgan fingerprint density at radius 1 is 1.50 bits per heavy atom. The van der Waals surface area contributed by atoms with Gasteiger partial charge in [-0.1, -0.05) is 0 Å². The number of rotatable bonds is 5. The molecule has 0 aliphatic heterocycles. The molecule has 1 amide bonds. The highest BCUT2D eigenvalue weighted by Crippen LogP contribution is 2.19. The van der Waals surface area contributed by atoms with Gasteiger partial charge in [-0.05, 0) is 38.8 Å². The zero-order chi connectivity index (χ0) is 11.5. The van der Waals surface area contributed by atoms with Crippen molar-refractivity contribution in [1.82, 2.24) is 10.6 Å². The van der Waals surface area contributed by atoms with E-state index in [9.17, 15) is 4.79 Å². The molecular weight excluding hydrogens is 204 g/mol. The molecule has 0 spiro atoms. The molecular formula is C12H18N2O2. The van der Waals surface area contributed by atoms with Crippen LogP contribution >= 0.6 is 0 Å². The third-order valence-electron chi connectivity index (χ3n) is 2.79. The Labute approximate surface area is 95.4 Å². The molecule has 1 saturated carbocycles. The number of carbonyl (C=O) groups excluding carboxylic acids is 1. The first-order valence-electron chi connectivity index (χ1n) is 5.76. The van der Waals surface area contributed by atoms with E-state index >= 15 is 0 Å². The molecule has 2 rings (SSSR count). The molecule has 4 heteroatoms. The molecule has 1 aromatic heterocycles. The van der Waals surface area contributed by atoms with Crippen LogP contribution < -0.4 is 10.6 Å². The minimum absolute atomic E-state index is 0.0509. The Bertz CT molecular complexity index is 344. The Hall–Kier alpha value is -1.29. The van der Waals surface area contributed by atoms with Gasteiger partial charge >= 0.3 is 0 Å². The van der Waals surface area contributed by atoms with Gasteiger partial charge in [0.2, 0.25) is 5.91 Å². The Morgan fingerprint density at radius 3 is 2.81 bits per heavy atom. The van der Waals surface area contributed by atoms with E-state index in [0.29, 0.717) is 6.04 Å². The summed E-state index contributed by atoms with van der Waals surface area (Å²) in [6.07, 6.45) is 3.88. The van der Waals surface area contributed by atoms with Gasteiger partial charge in [0.05, 0.1) is 18.3 Å². The molecule has 88 valence electrons. The lowest BCUT2D eigenvalue weighted by molar-refractivity contribution is -0.123. The molecule has 2 N–H and O–H groups in total. The van der Waals surface area contributed by atoms with Crippen LogP contribution in [0.4, 0.5) is 0 Å². The molecule has 4 nitrogen and oxygen atoms in total. The molecule has 1 aliphatic rings. The van der Waals surface area contributed by atoms with E-state index in [1.807, 2.05) is 26.0 Å². The number of carbonyl (C=O) groups is 1. The van der Waals surface area contributed by atoms with Crippen molar-refractivity contribution in [3.05, 3.63) is 24.2 Å². The van der Waals surface area contributed by atoms with Gasteiger partial charge in [-0.2, -0.15) is 0 Å². The van der Waals surface area contributed by atoms with Crippen molar-refractivity contribution in [1.29, 1.82) is 0 Å². The van der Waals surface area contributed by atoms with Crippen molar-refractivity contribution in [3.63, 3.8) is 0 Å². The summed E-state index contributed by atoms with van der Waals surface area (Å²) in [5.74, 6) is 0.923. The Morgan fingerprint density at radius 2 is 2.25 bits per heavy atom. The summed E-state index contributed by atoms with van der Waals surface area (Å²) in [4.78, 5) is 11.7. The average molecular weight is 222 g/mol. The fourth-order valence-corrected chi connectivity index (χ4v) is 1.62. The Balaban J connectivity index is 1.81. The Kier molecular flexibility index (Phi) is 3.29. The SMILES string of the molecule is CC(NC(C)c1ccco1)C(=O)NC1CC1. The van der Waals surface area contributed by atoms with Gasteiger partial charge < -0.3 is 9.73 Å². The molecule has 0 bridgehead atoms. The monoisotopic (exact) mass is 222 g/mol. The summed E-state index contributed by atoms with van der Waals surface area (Å²) in [6.45, 7) is 3.86. The van der Waals surface area contributed by atoms with E-state index < -0.39 is 0 Å². The second-order valence-corrected chi connectivity index (χ2v) is 4.41. The van der Waals surface area contributed by atoms with Crippen molar-refractivity contribution in [2.75, 3.05) is 0 Å². The largest absolute Gasteiger partial charge is 0.468 e. The number of hydrogen-bond donors (Lipinski definition) is 2. The van der Waals surface area contributed by atoms with E-state index in [4.69, 9.17) is 4.42 Å². The van der Waals surface area contributed by atoms with Crippen LogP contribution in [0.15, 0.2) is 22.8 Å². The molecule has 1 heterocycles. The van der Waals surface area contributed by atoms with Gasteiger partial charge in [0.25, 0.3) is 0 Å². The first kappa shape index (κ1) is 11.2. The second-order valence-electron chi connectivity index (χ2n) is 4.41. The summed E-state index contributed by atoms with van der Waals surface area (Å²) in [5, 5.41) is 6.18. The van der Waals surface area contributed by atoms with Crippen LogP contribution in [-0.4, -0.2) is 18.0 Å². The van der Waals surface area contributed by atoms with Gasteiger partial charge in [-0.3, -0.25) is 10.1 Å². The highest BCUT2D eigenvalue weighted by Gasteiger charge is 2.26. The summed E-state index contributed by atoms with van der Waals surface area (Å²) >= 11 is 0. The van der Waals surface area contributed by atoms with Crippen molar-refractivity contribution in [3.8, 4) is 0 Å². The third-order valence-corrected chi connectivity index (χ3v) is 2.79. The molecule has 0 radical (unpaired) electrons. The van der Waals surface area contributed by atoms with E-state index in [1.165, 1.54) is 0 Å². The first-order valence-corrected chi connectivity index (χ1v) is 5.76. The third kappa shape index (κ3) is 2.85. The van der Waals surface area contributed by atoms with E-state index in [-0.39, 0.29) is 18.0 Å². The van der Waals surface area contributed by atoms with Crippen LogP contribution in [0.5, 0.6) is 0 Å². The predicted octanol–water partition coefficient (Wildman–Crippen LogP) is 1.60. The number of furan rings is 1. The van der Waals surface area contributed by atoms with E-state index in [2.05, 4.69) is 10.6 Å². The highest BCUT2D eigenvalue weighted by molar-refractivity contribution is 5.81. The van der Waals surface area contributed by atoms with Gasteiger partial charge in [0.1, 0.15) is 5.76 Å². The van der Waals surface area contributed by atoms with Crippen LogP contribution in [0, 0.1) is 0 Å². The highest BCUT2D eigenvalue weighted by atomic mass is 16.3. The summed E-state index contributed by atoms with van der Waals surface area (Å²) in [6, 6.07) is 4.03. The quantitative estimate of drug-likeness (QED) is 0.795. The number of nitrogens with one attached hydrogen (secondary N) is 2. The average Bonchev–Trinajstić information content (AvgIpc) is 2.89. The predicted molar refractivity (Wildman–Crippen MR) is 60.9 cm³/mol. The van der Waals surface area contributed by atoms with Crippen LogP contribution in [0.3, 0.4) is 0 Å². The van der Waals surface area contributed by atoms with Gasteiger partial charge in [-0.15, -0.1) is 0 Å². The molecule has 2 atom stereocenters. The maximum Gasteiger partial charge on any atom is 0.237 e. The summed E-state index contributed by atoms with van der Waals surface area (Å²) in [7, 11) is 0. The maximum atomic E-state index is 11.7. The number of amides is 1. The van der Waals surface area contributed by atoms with E-state index in [0.717, 1.165) is 18.6 Å². The zero-order valence-corrected chi connectivity index (χ0v) is 9.69. The van der Waals surface area contributed by atoms with Gasteiger partial charge in [-0.25, -0.2) is 0 Å². The van der Waals surface area contributed by atoms with Crippen molar-refractivity contribution >= 4 is 5.91 Å². The van der Waals surface area contributed by atoms with E-state index in [1.54, 1.807) is 6.26 Å². The first-order chi connectivity index (χ1) is 7.66. The lowest BCUT2D eigenvalue weighted by Gasteiger charge is -2.17. The topological polar surface area (TPSA) is 54.3 Å². The van der Waals surface area contributed by atoms with Crippen molar-refractivity contribution < 1.29 is 9.21 Å². The maximum absolute atomic E-state index is 11.7. The summed E-state index contributed by atoms with van der Waals surface area (Å²) in [5.41, 5.74) is 0. The fraction of sp³-hybridized carbons (Fsp3) is 0.583. The van der Waals surface area contributed by atoms with Crippen LogP contribution in [0.25, 0.3) is 0 Å². The fourth-order valence-electron chi connectivity index (χ4n) is 1.62. The standard InChI is InChI=1S/C12H18N2O2/c1-8(11-4-3-7-16-11)13-9(2)12(15)14-10-5-6-10/h3-4,7-10,13H,5-6H2,1-2H3,(H,14,15). The number of hydrogen-bond acceptors (Lipinski definition) is 3. The van der Waals surface area contributed by atoms with Crippen molar-refractivity contribution in [2.45, 2.75) is 44.8 Å². The molecule has 1 fully saturated rings. The van der Waals surface area contributed by atoms with Crippen LogP contribution in [0.1, 0.15) is 38.5 Å². The lowest BCUT2D eigenvalue weighted by Crippen LogP contribution is -2.43.